The van der Waals surface area contributed by atoms with Gasteiger partial charge in [-0.15, -0.1) is 0 Å². The normalized spacial score (nSPS) is 15.0. The van der Waals surface area contributed by atoms with Crippen LogP contribution < -0.4 is 4.74 Å². The molecule has 0 spiro atoms. The van der Waals surface area contributed by atoms with Gasteiger partial charge in [-0.05, 0) is 64.3 Å². The number of aromatic nitrogens is 1. The first-order chi connectivity index (χ1) is 16.2. The van der Waals surface area contributed by atoms with E-state index >= 15 is 0 Å². The van der Waals surface area contributed by atoms with E-state index in [1.54, 1.807) is 68.7 Å². The van der Waals surface area contributed by atoms with E-state index in [4.69, 9.17) is 9.47 Å². The number of carbonyl (C=O) groups excluding carboxylic acids is 3. The van der Waals surface area contributed by atoms with E-state index in [2.05, 4.69) is 0 Å². The molecule has 1 aromatic carbocycles. The fraction of sp³-hybridized carbons (Fsp3) is 0.519. The van der Waals surface area contributed by atoms with Crippen molar-refractivity contribution in [2.45, 2.75) is 71.9 Å². The van der Waals surface area contributed by atoms with E-state index in [9.17, 15) is 14.4 Å². The van der Waals surface area contributed by atoms with Crippen LogP contribution >= 0.6 is 0 Å². The lowest BCUT2D eigenvalue weighted by atomic mass is 9.90. The van der Waals surface area contributed by atoms with Gasteiger partial charge in [0.15, 0.2) is 5.78 Å². The molecular weight excluding hydrogens is 432 g/mol. The Morgan fingerprint density at radius 3 is 2.44 bits per heavy atom. The molecule has 1 aliphatic rings. The highest BCUT2D eigenvalue weighted by Gasteiger charge is 2.36. The van der Waals surface area contributed by atoms with Crippen LogP contribution in [-0.4, -0.2) is 52.9 Å². The van der Waals surface area contributed by atoms with Crippen LogP contribution in [0.2, 0.25) is 0 Å². The lowest BCUT2D eigenvalue weighted by Crippen LogP contribution is -2.50. The largest absolute Gasteiger partial charge is 0.497 e. The first kappa shape index (κ1) is 25.5. The molecule has 1 aromatic heterocycles. The fourth-order valence-electron chi connectivity index (χ4n) is 5.09. The van der Waals surface area contributed by atoms with Gasteiger partial charge in [-0.1, -0.05) is 25.3 Å². The van der Waals surface area contributed by atoms with Gasteiger partial charge in [-0.2, -0.15) is 0 Å². The van der Waals surface area contributed by atoms with E-state index in [0.29, 0.717) is 33.8 Å². The first-order valence-corrected chi connectivity index (χ1v) is 12.1. The van der Waals surface area contributed by atoms with Crippen molar-refractivity contribution in [2.75, 3.05) is 13.7 Å². The second-order valence-electron chi connectivity index (χ2n) is 8.99. The SMILES string of the molecule is CCOC(=O)c1c(C)c(C(=O)C(C)N(C(=O)c2cccc(OC)c2)C2CCCCC2)c(C)n1C. The van der Waals surface area contributed by atoms with E-state index < -0.39 is 12.0 Å². The van der Waals surface area contributed by atoms with Gasteiger partial charge in [0.1, 0.15) is 11.4 Å². The second kappa shape index (κ2) is 10.9. The summed E-state index contributed by atoms with van der Waals surface area (Å²) in [6.45, 7) is 7.40. The van der Waals surface area contributed by atoms with Crippen LogP contribution in [0, 0.1) is 13.8 Å². The molecule has 1 unspecified atom stereocenters. The summed E-state index contributed by atoms with van der Waals surface area (Å²) in [5.74, 6) is -0.192. The van der Waals surface area contributed by atoms with Crippen molar-refractivity contribution in [3.63, 3.8) is 0 Å². The maximum Gasteiger partial charge on any atom is 0.355 e. The average molecular weight is 469 g/mol. The van der Waals surface area contributed by atoms with Crippen molar-refractivity contribution in [2.24, 2.45) is 7.05 Å². The number of nitrogens with zero attached hydrogens (tertiary/aromatic N) is 2. The van der Waals surface area contributed by atoms with Crippen molar-refractivity contribution in [1.82, 2.24) is 9.47 Å². The zero-order chi connectivity index (χ0) is 25.0. The van der Waals surface area contributed by atoms with Crippen LogP contribution in [0.3, 0.4) is 0 Å². The van der Waals surface area contributed by atoms with Crippen LogP contribution in [0.5, 0.6) is 5.75 Å². The molecule has 1 saturated carbocycles. The Kier molecular flexibility index (Phi) is 8.18. The van der Waals surface area contributed by atoms with Gasteiger partial charge in [-0.3, -0.25) is 9.59 Å². The first-order valence-electron chi connectivity index (χ1n) is 12.1. The Hall–Kier alpha value is -3.09. The Balaban J connectivity index is 2.02. The predicted octanol–water partition coefficient (Wildman–Crippen LogP) is 4.87. The van der Waals surface area contributed by atoms with E-state index in [1.807, 2.05) is 6.92 Å². The summed E-state index contributed by atoms with van der Waals surface area (Å²) >= 11 is 0. The molecule has 0 bridgehead atoms. The lowest BCUT2D eigenvalue weighted by molar-refractivity contribution is 0.0485. The fourth-order valence-corrected chi connectivity index (χ4v) is 5.09. The molecule has 0 N–H and O–H groups in total. The van der Waals surface area contributed by atoms with Crippen LogP contribution in [0.15, 0.2) is 24.3 Å². The molecule has 1 atom stereocenters. The molecule has 7 nitrogen and oxygen atoms in total. The standard InChI is InChI=1S/C27H36N2O5/c1-7-34-27(32)24-17(2)23(18(3)28(24)5)25(30)19(4)29(21-13-9-8-10-14-21)26(31)20-12-11-15-22(16-20)33-6/h11-12,15-16,19,21H,7-10,13-14H2,1-6H3. The number of benzene rings is 1. The number of ketones is 1. The Bertz CT molecular complexity index is 1070. The third-order valence-electron chi connectivity index (χ3n) is 6.96. The summed E-state index contributed by atoms with van der Waals surface area (Å²) in [4.78, 5) is 42.0. The Morgan fingerprint density at radius 2 is 1.82 bits per heavy atom. The van der Waals surface area contributed by atoms with Crippen molar-refractivity contribution < 1.29 is 23.9 Å². The van der Waals surface area contributed by atoms with Crippen LogP contribution in [0.4, 0.5) is 0 Å². The smallest absolute Gasteiger partial charge is 0.355 e. The van der Waals surface area contributed by atoms with Crippen LogP contribution in [-0.2, 0) is 11.8 Å². The summed E-state index contributed by atoms with van der Waals surface area (Å²) < 4.78 is 12.2. The van der Waals surface area contributed by atoms with Crippen LogP contribution in [0.1, 0.15) is 88.4 Å². The number of Topliss-reactive ketones (excluding diaryl/α,β-unsaturated/α-hetero) is 1. The number of hydrogen-bond acceptors (Lipinski definition) is 5. The number of rotatable bonds is 8. The average Bonchev–Trinajstić information content (AvgIpc) is 3.07. The summed E-state index contributed by atoms with van der Waals surface area (Å²) in [5.41, 5.74) is 2.64. The summed E-state index contributed by atoms with van der Waals surface area (Å²) in [6, 6.07) is 6.36. The lowest BCUT2D eigenvalue weighted by Gasteiger charge is -2.38. The quantitative estimate of drug-likeness (QED) is 0.408. The van der Waals surface area contributed by atoms with E-state index in [-0.39, 0.29) is 24.3 Å². The second-order valence-corrected chi connectivity index (χ2v) is 8.99. The molecule has 34 heavy (non-hydrogen) atoms. The third kappa shape index (κ3) is 4.88. The molecule has 1 fully saturated rings. The van der Waals surface area contributed by atoms with Gasteiger partial charge >= 0.3 is 5.97 Å². The molecule has 0 saturated heterocycles. The Morgan fingerprint density at radius 1 is 1.15 bits per heavy atom. The number of ether oxygens (including phenoxy) is 2. The minimum Gasteiger partial charge on any atom is -0.497 e. The van der Waals surface area contributed by atoms with Gasteiger partial charge < -0.3 is 18.9 Å². The maximum atomic E-state index is 13.9. The van der Waals surface area contributed by atoms with Gasteiger partial charge in [0, 0.05) is 29.9 Å². The zero-order valence-corrected chi connectivity index (χ0v) is 21.1. The monoisotopic (exact) mass is 468 g/mol. The molecule has 0 aliphatic heterocycles. The van der Waals surface area contributed by atoms with Gasteiger partial charge in [0.2, 0.25) is 0 Å². The third-order valence-corrected chi connectivity index (χ3v) is 6.96. The molecule has 7 heteroatoms. The highest BCUT2D eigenvalue weighted by atomic mass is 16.5. The van der Waals surface area contributed by atoms with Gasteiger partial charge in [0.05, 0.1) is 19.8 Å². The zero-order valence-electron chi connectivity index (χ0n) is 21.1. The molecule has 1 heterocycles. The topological polar surface area (TPSA) is 77.8 Å². The Labute approximate surface area is 202 Å². The maximum absolute atomic E-state index is 13.9. The highest BCUT2D eigenvalue weighted by molar-refractivity contribution is 6.07. The predicted molar refractivity (Wildman–Crippen MR) is 131 cm³/mol. The minimum atomic E-state index is -0.684. The number of carbonyl (C=O) groups is 3. The molecular formula is C27H36N2O5. The van der Waals surface area contributed by atoms with Crippen LogP contribution in [0.25, 0.3) is 0 Å². The van der Waals surface area contributed by atoms with Gasteiger partial charge in [0.25, 0.3) is 5.91 Å². The summed E-state index contributed by atoms with van der Waals surface area (Å²) in [6.07, 6.45) is 4.94. The number of esters is 1. The number of methoxy groups -OCH3 is 1. The molecule has 184 valence electrons. The van der Waals surface area contributed by atoms with Crippen molar-refractivity contribution >= 4 is 17.7 Å². The molecule has 2 aromatic rings. The van der Waals surface area contributed by atoms with E-state index in [0.717, 1.165) is 32.1 Å². The number of hydrogen-bond donors (Lipinski definition) is 0. The molecule has 1 aliphatic carbocycles. The summed E-state index contributed by atoms with van der Waals surface area (Å²) in [5, 5.41) is 0. The molecule has 1 amide bonds. The number of amides is 1. The van der Waals surface area contributed by atoms with Gasteiger partial charge in [-0.25, -0.2) is 4.79 Å². The summed E-state index contributed by atoms with van der Waals surface area (Å²) in [7, 11) is 3.33. The molecule has 0 radical (unpaired) electrons. The van der Waals surface area contributed by atoms with Crippen molar-refractivity contribution in [1.29, 1.82) is 0 Å². The van der Waals surface area contributed by atoms with Crippen molar-refractivity contribution in [3.8, 4) is 5.75 Å². The van der Waals surface area contributed by atoms with Crippen molar-refractivity contribution in [3.05, 3.63) is 52.3 Å². The minimum absolute atomic E-state index is 0.0137. The molecule has 3 rings (SSSR count). The van der Waals surface area contributed by atoms with E-state index in [1.165, 1.54) is 0 Å². The highest BCUT2D eigenvalue weighted by Crippen LogP contribution is 2.30.